The molecule has 1 saturated heterocycles. The first-order chi connectivity index (χ1) is 8.25. The largest absolute Gasteiger partial charge is 0.381 e. The Labute approximate surface area is 99.7 Å². The van der Waals surface area contributed by atoms with E-state index in [1.54, 1.807) is 6.92 Å². The van der Waals surface area contributed by atoms with E-state index in [4.69, 9.17) is 4.74 Å². The molecule has 1 aliphatic heterocycles. The van der Waals surface area contributed by atoms with Gasteiger partial charge in [0.2, 0.25) is 5.91 Å². The maximum Gasteiger partial charge on any atom is 0.220 e. The van der Waals surface area contributed by atoms with E-state index in [2.05, 4.69) is 20.3 Å². The Morgan fingerprint density at radius 1 is 1.53 bits per heavy atom. The van der Waals surface area contributed by atoms with Crippen LogP contribution in [0, 0.1) is 12.8 Å². The number of rotatable bonds is 4. The van der Waals surface area contributed by atoms with Crippen LogP contribution in [-0.4, -0.2) is 29.4 Å². The summed E-state index contributed by atoms with van der Waals surface area (Å²) in [7, 11) is 0. The predicted octanol–water partition coefficient (Wildman–Crippen LogP) is 0.811. The van der Waals surface area contributed by atoms with Crippen molar-refractivity contribution < 1.29 is 14.2 Å². The molecule has 6 heteroatoms. The van der Waals surface area contributed by atoms with Crippen molar-refractivity contribution in [2.45, 2.75) is 32.7 Å². The van der Waals surface area contributed by atoms with Crippen LogP contribution in [0.5, 0.6) is 0 Å². The maximum absolute atomic E-state index is 11.7. The van der Waals surface area contributed by atoms with Gasteiger partial charge in [0.15, 0.2) is 0 Å². The van der Waals surface area contributed by atoms with E-state index in [1.165, 1.54) is 0 Å². The first-order valence-corrected chi connectivity index (χ1v) is 5.88. The third-order valence-electron chi connectivity index (χ3n) is 2.93. The van der Waals surface area contributed by atoms with E-state index in [-0.39, 0.29) is 5.91 Å². The highest BCUT2D eigenvalue weighted by molar-refractivity contribution is 5.76. The monoisotopic (exact) mass is 239 g/mol. The lowest BCUT2D eigenvalue weighted by Crippen LogP contribution is -2.28. The minimum atomic E-state index is 0.0305. The van der Waals surface area contributed by atoms with Crippen molar-refractivity contribution in [3.05, 3.63) is 11.4 Å². The maximum atomic E-state index is 11.7. The zero-order chi connectivity index (χ0) is 12.1. The fourth-order valence-electron chi connectivity index (χ4n) is 1.89. The lowest BCUT2D eigenvalue weighted by Gasteiger charge is -2.21. The normalized spacial score (nSPS) is 20.2. The molecule has 1 atom stereocenters. The summed E-state index contributed by atoms with van der Waals surface area (Å²) in [6.07, 6.45) is 2.63. The van der Waals surface area contributed by atoms with E-state index in [1.807, 2.05) is 0 Å². The second kappa shape index (κ2) is 5.77. The molecule has 6 nitrogen and oxygen atoms in total. The summed E-state index contributed by atoms with van der Waals surface area (Å²) in [4.78, 5) is 11.7. The molecule has 0 saturated carbocycles. The Bertz CT molecular complexity index is 372. The van der Waals surface area contributed by atoms with Crippen LogP contribution in [-0.2, 0) is 16.1 Å². The number of hydrogen-bond acceptors (Lipinski definition) is 5. The summed E-state index contributed by atoms with van der Waals surface area (Å²) in [6, 6.07) is 0. The van der Waals surface area contributed by atoms with Crippen molar-refractivity contribution in [1.82, 2.24) is 15.6 Å². The van der Waals surface area contributed by atoms with Crippen LogP contribution < -0.4 is 5.32 Å². The molecule has 1 aliphatic rings. The summed E-state index contributed by atoms with van der Waals surface area (Å²) in [5, 5.41) is 10.2. The number of carbonyl (C=O) groups excluding carboxylic acids is 1. The first kappa shape index (κ1) is 12.0. The minimum absolute atomic E-state index is 0.0305. The highest BCUT2D eigenvalue weighted by Gasteiger charge is 2.17. The van der Waals surface area contributed by atoms with Crippen molar-refractivity contribution in [3.8, 4) is 0 Å². The molecule has 0 spiro atoms. The van der Waals surface area contributed by atoms with Crippen molar-refractivity contribution in [2.24, 2.45) is 5.92 Å². The molecule has 1 aromatic heterocycles. The van der Waals surface area contributed by atoms with Gasteiger partial charge < -0.3 is 10.1 Å². The standard InChI is InChI=1S/C11H17N3O3/c1-8-10(14-17-13-8)6-12-11(15)5-9-3-2-4-16-7-9/h9H,2-7H2,1H3,(H,12,15)/t9-/m0/s1. The Hall–Kier alpha value is -1.43. The van der Waals surface area contributed by atoms with Gasteiger partial charge in [-0.25, -0.2) is 4.63 Å². The number of aromatic nitrogens is 2. The fraction of sp³-hybridized carbons (Fsp3) is 0.727. The van der Waals surface area contributed by atoms with Crippen LogP contribution in [0.1, 0.15) is 30.7 Å². The van der Waals surface area contributed by atoms with Gasteiger partial charge in [0, 0.05) is 19.6 Å². The molecule has 0 aliphatic carbocycles. The molecule has 2 heterocycles. The number of nitrogens with zero attached hydrogens (tertiary/aromatic N) is 2. The number of carbonyl (C=O) groups is 1. The van der Waals surface area contributed by atoms with Crippen LogP contribution in [0.25, 0.3) is 0 Å². The van der Waals surface area contributed by atoms with E-state index in [9.17, 15) is 4.79 Å². The minimum Gasteiger partial charge on any atom is -0.381 e. The number of nitrogens with one attached hydrogen (secondary N) is 1. The second-order valence-corrected chi connectivity index (χ2v) is 4.36. The van der Waals surface area contributed by atoms with E-state index in [0.717, 1.165) is 19.4 Å². The number of ether oxygens (including phenoxy) is 1. The van der Waals surface area contributed by atoms with Crippen LogP contribution in [0.4, 0.5) is 0 Å². The lowest BCUT2D eigenvalue weighted by molar-refractivity contribution is -0.123. The molecule has 1 fully saturated rings. The number of aryl methyl sites for hydroxylation is 1. The van der Waals surface area contributed by atoms with Crippen molar-refractivity contribution in [1.29, 1.82) is 0 Å². The zero-order valence-corrected chi connectivity index (χ0v) is 9.94. The molecular weight excluding hydrogens is 222 g/mol. The van der Waals surface area contributed by atoms with Crippen LogP contribution >= 0.6 is 0 Å². The SMILES string of the molecule is Cc1nonc1CNC(=O)C[C@@H]1CCCOC1. The average molecular weight is 239 g/mol. The highest BCUT2D eigenvalue weighted by atomic mass is 16.6. The topological polar surface area (TPSA) is 77.3 Å². The third kappa shape index (κ3) is 3.52. The molecule has 0 radical (unpaired) electrons. The fourth-order valence-corrected chi connectivity index (χ4v) is 1.89. The molecule has 0 unspecified atom stereocenters. The highest BCUT2D eigenvalue weighted by Crippen LogP contribution is 2.16. The second-order valence-electron chi connectivity index (χ2n) is 4.36. The molecule has 17 heavy (non-hydrogen) atoms. The molecule has 2 rings (SSSR count). The Kier molecular flexibility index (Phi) is 4.08. The smallest absolute Gasteiger partial charge is 0.220 e. The summed E-state index contributed by atoms with van der Waals surface area (Å²) >= 11 is 0. The van der Waals surface area contributed by atoms with E-state index >= 15 is 0 Å². The van der Waals surface area contributed by atoms with Crippen LogP contribution in [0.3, 0.4) is 0 Å². The average Bonchev–Trinajstić information content (AvgIpc) is 2.74. The molecule has 1 aromatic rings. The van der Waals surface area contributed by atoms with Gasteiger partial charge in [-0.2, -0.15) is 0 Å². The van der Waals surface area contributed by atoms with Gasteiger partial charge in [-0.1, -0.05) is 10.3 Å². The quantitative estimate of drug-likeness (QED) is 0.841. The Morgan fingerprint density at radius 3 is 3.06 bits per heavy atom. The van der Waals surface area contributed by atoms with Gasteiger partial charge in [-0.15, -0.1) is 0 Å². The van der Waals surface area contributed by atoms with Gasteiger partial charge in [-0.3, -0.25) is 4.79 Å². The van der Waals surface area contributed by atoms with Gasteiger partial charge >= 0.3 is 0 Å². The molecule has 1 amide bonds. The number of hydrogen-bond donors (Lipinski definition) is 1. The van der Waals surface area contributed by atoms with E-state index in [0.29, 0.717) is 36.9 Å². The molecule has 94 valence electrons. The van der Waals surface area contributed by atoms with Gasteiger partial charge in [0.05, 0.1) is 6.54 Å². The molecule has 1 N–H and O–H groups in total. The summed E-state index contributed by atoms with van der Waals surface area (Å²) in [5.41, 5.74) is 1.39. The summed E-state index contributed by atoms with van der Waals surface area (Å²) in [6.45, 7) is 3.69. The van der Waals surface area contributed by atoms with Crippen molar-refractivity contribution in [3.63, 3.8) is 0 Å². The first-order valence-electron chi connectivity index (χ1n) is 5.88. The predicted molar refractivity (Wildman–Crippen MR) is 59.0 cm³/mol. The van der Waals surface area contributed by atoms with Gasteiger partial charge in [-0.05, 0) is 25.7 Å². The molecular formula is C11H17N3O3. The molecule has 0 bridgehead atoms. The lowest BCUT2D eigenvalue weighted by atomic mass is 9.98. The van der Waals surface area contributed by atoms with Crippen LogP contribution in [0.15, 0.2) is 4.63 Å². The summed E-state index contributed by atoms with van der Waals surface area (Å²) in [5.74, 6) is 0.378. The van der Waals surface area contributed by atoms with Gasteiger partial charge in [0.1, 0.15) is 11.4 Å². The van der Waals surface area contributed by atoms with Crippen molar-refractivity contribution >= 4 is 5.91 Å². The zero-order valence-electron chi connectivity index (χ0n) is 9.94. The van der Waals surface area contributed by atoms with E-state index < -0.39 is 0 Å². The van der Waals surface area contributed by atoms with Crippen LogP contribution in [0.2, 0.25) is 0 Å². The number of amides is 1. The molecule has 0 aromatic carbocycles. The summed E-state index contributed by atoms with van der Waals surface area (Å²) < 4.78 is 9.89. The van der Waals surface area contributed by atoms with Crippen molar-refractivity contribution in [2.75, 3.05) is 13.2 Å². The Balaban J connectivity index is 1.72. The van der Waals surface area contributed by atoms with Gasteiger partial charge in [0.25, 0.3) is 0 Å². The third-order valence-corrected chi connectivity index (χ3v) is 2.93. The Morgan fingerprint density at radius 2 is 2.41 bits per heavy atom.